The number of carboxylic acid groups (broad SMARTS) is 1. The van der Waals surface area contributed by atoms with Crippen LogP contribution in [-0.4, -0.2) is 30.1 Å². The molecule has 98 valence electrons. The van der Waals surface area contributed by atoms with Crippen LogP contribution in [0.1, 0.15) is 29.3 Å². The zero-order chi connectivity index (χ0) is 13.5. The second-order valence-corrected chi connectivity index (χ2v) is 3.92. The molecule has 0 spiro atoms. The summed E-state index contributed by atoms with van der Waals surface area (Å²) < 4.78 is 5.33. The number of carbonyl (C=O) groups is 2. The summed E-state index contributed by atoms with van der Waals surface area (Å²) in [5.41, 5.74) is 0.897. The third-order valence-electron chi connectivity index (χ3n) is 2.35. The number of amides is 1. The molecule has 1 aromatic rings. The number of hydrogen-bond acceptors (Lipinski definition) is 3. The maximum Gasteiger partial charge on any atom is 0.335 e. The normalized spacial score (nSPS) is 9.89. The second-order valence-electron chi connectivity index (χ2n) is 3.92. The Labute approximate surface area is 106 Å². The smallest absolute Gasteiger partial charge is 0.335 e. The molecule has 0 saturated heterocycles. The van der Waals surface area contributed by atoms with Crippen LogP contribution in [0.5, 0.6) is 5.75 Å². The van der Waals surface area contributed by atoms with E-state index in [1.165, 1.54) is 12.1 Å². The molecule has 1 aromatic carbocycles. The highest BCUT2D eigenvalue weighted by molar-refractivity contribution is 5.88. The molecule has 18 heavy (non-hydrogen) atoms. The van der Waals surface area contributed by atoms with E-state index in [1.54, 1.807) is 13.0 Å². The van der Waals surface area contributed by atoms with Crippen LogP contribution in [0.2, 0.25) is 0 Å². The zero-order valence-corrected chi connectivity index (χ0v) is 10.5. The van der Waals surface area contributed by atoms with Gasteiger partial charge in [-0.3, -0.25) is 4.79 Å². The summed E-state index contributed by atoms with van der Waals surface area (Å²) in [6, 6.07) is 4.53. The van der Waals surface area contributed by atoms with E-state index < -0.39 is 5.97 Å². The minimum absolute atomic E-state index is 0.0622. The first kappa shape index (κ1) is 14.0. The van der Waals surface area contributed by atoms with Crippen molar-refractivity contribution in [1.82, 2.24) is 5.32 Å². The quantitative estimate of drug-likeness (QED) is 0.805. The van der Waals surface area contributed by atoms with Gasteiger partial charge in [0.25, 0.3) is 5.91 Å². The molecule has 2 N–H and O–H groups in total. The summed E-state index contributed by atoms with van der Waals surface area (Å²) in [7, 11) is 0. The Kier molecular flexibility index (Phi) is 5.17. The maximum atomic E-state index is 11.3. The van der Waals surface area contributed by atoms with Crippen LogP contribution >= 0.6 is 0 Å². The fourth-order valence-corrected chi connectivity index (χ4v) is 1.40. The van der Waals surface area contributed by atoms with E-state index in [2.05, 4.69) is 5.32 Å². The van der Waals surface area contributed by atoms with Gasteiger partial charge in [0.1, 0.15) is 5.75 Å². The van der Waals surface area contributed by atoms with Crippen LogP contribution in [0.3, 0.4) is 0 Å². The fraction of sp³-hybridized carbons (Fsp3) is 0.385. The third kappa shape index (κ3) is 4.08. The lowest BCUT2D eigenvalue weighted by Crippen LogP contribution is -2.29. The van der Waals surface area contributed by atoms with Crippen molar-refractivity contribution < 1.29 is 19.4 Å². The highest BCUT2D eigenvalue weighted by Crippen LogP contribution is 2.18. The summed E-state index contributed by atoms with van der Waals surface area (Å²) in [5, 5.41) is 11.5. The Hall–Kier alpha value is -2.04. The molecule has 0 aliphatic rings. The van der Waals surface area contributed by atoms with Gasteiger partial charge in [0, 0.05) is 6.54 Å². The molecule has 0 aliphatic heterocycles. The lowest BCUT2D eigenvalue weighted by atomic mass is 10.1. The Balaban J connectivity index is 2.58. The molecule has 0 fully saturated rings. The van der Waals surface area contributed by atoms with E-state index in [0.29, 0.717) is 17.9 Å². The molecule has 0 aromatic heterocycles. The van der Waals surface area contributed by atoms with Crippen LogP contribution in [0.25, 0.3) is 0 Å². The molecule has 5 nitrogen and oxygen atoms in total. The average molecular weight is 251 g/mol. The van der Waals surface area contributed by atoms with Crippen molar-refractivity contribution in [2.75, 3.05) is 13.2 Å². The summed E-state index contributed by atoms with van der Waals surface area (Å²) in [6.07, 6.45) is 0.873. The minimum atomic E-state index is -0.981. The predicted molar refractivity (Wildman–Crippen MR) is 66.9 cm³/mol. The number of aromatic carboxylic acids is 1. The number of benzene rings is 1. The van der Waals surface area contributed by atoms with Gasteiger partial charge >= 0.3 is 5.97 Å². The van der Waals surface area contributed by atoms with Crippen LogP contribution in [0.15, 0.2) is 18.2 Å². The van der Waals surface area contributed by atoms with E-state index in [0.717, 1.165) is 6.42 Å². The van der Waals surface area contributed by atoms with Crippen molar-refractivity contribution in [3.8, 4) is 5.75 Å². The molecule has 0 radical (unpaired) electrons. The number of carboxylic acids is 1. The molecule has 5 heteroatoms. The summed E-state index contributed by atoms with van der Waals surface area (Å²) in [6.45, 7) is 4.27. The highest BCUT2D eigenvalue weighted by atomic mass is 16.5. The standard InChI is InChI=1S/C13H17NO4/c1-3-6-14-12(15)8-18-11-5-4-10(13(16)17)7-9(11)2/h4-5,7H,3,6,8H2,1-2H3,(H,14,15)(H,16,17). The molecule has 0 bridgehead atoms. The lowest BCUT2D eigenvalue weighted by Gasteiger charge is -2.09. The Morgan fingerprint density at radius 3 is 2.67 bits per heavy atom. The van der Waals surface area contributed by atoms with Crippen LogP contribution < -0.4 is 10.1 Å². The number of nitrogens with one attached hydrogen (secondary N) is 1. The number of hydrogen-bond donors (Lipinski definition) is 2. The Morgan fingerprint density at radius 1 is 1.39 bits per heavy atom. The maximum absolute atomic E-state index is 11.3. The topological polar surface area (TPSA) is 75.6 Å². The van der Waals surface area contributed by atoms with Gasteiger partial charge in [-0.15, -0.1) is 0 Å². The highest BCUT2D eigenvalue weighted by Gasteiger charge is 2.08. The van der Waals surface area contributed by atoms with E-state index in [1.807, 2.05) is 6.92 Å². The number of ether oxygens (including phenoxy) is 1. The first-order valence-electron chi connectivity index (χ1n) is 5.78. The van der Waals surface area contributed by atoms with Crippen molar-refractivity contribution in [3.05, 3.63) is 29.3 Å². The van der Waals surface area contributed by atoms with Gasteiger partial charge in [0.05, 0.1) is 5.56 Å². The number of rotatable bonds is 6. The SMILES string of the molecule is CCCNC(=O)COc1ccc(C(=O)O)cc1C. The van der Waals surface area contributed by atoms with Gasteiger partial charge in [-0.25, -0.2) is 4.79 Å². The van der Waals surface area contributed by atoms with E-state index in [-0.39, 0.29) is 18.1 Å². The monoisotopic (exact) mass is 251 g/mol. The lowest BCUT2D eigenvalue weighted by molar-refractivity contribution is -0.123. The van der Waals surface area contributed by atoms with Crippen molar-refractivity contribution in [2.24, 2.45) is 0 Å². The van der Waals surface area contributed by atoms with Gasteiger partial charge in [0.15, 0.2) is 6.61 Å². The first-order chi connectivity index (χ1) is 8.54. The fourth-order valence-electron chi connectivity index (χ4n) is 1.40. The van der Waals surface area contributed by atoms with Crippen molar-refractivity contribution in [2.45, 2.75) is 20.3 Å². The molecular weight excluding hydrogens is 234 g/mol. The second kappa shape index (κ2) is 6.64. The van der Waals surface area contributed by atoms with E-state index in [9.17, 15) is 9.59 Å². The average Bonchev–Trinajstić information content (AvgIpc) is 2.34. The first-order valence-corrected chi connectivity index (χ1v) is 5.78. The van der Waals surface area contributed by atoms with E-state index in [4.69, 9.17) is 9.84 Å². The Bertz CT molecular complexity index is 443. The van der Waals surface area contributed by atoms with Gasteiger partial charge < -0.3 is 15.2 Å². The molecule has 0 saturated carbocycles. The zero-order valence-electron chi connectivity index (χ0n) is 10.5. The third-order valence-corrected chi connectivity index (χ3v) is 2.35. The molecule has 0 aliphatic carbocycles. The van der Waals surface area contributed by atoms with Crippen molar-refractivity contribution in [1.29, 1.82) is 0 Å². The van der Waals surface area contributed by atoms with Crippen LogP contribution in [0.4, 0.5) is 0 Å². The molecule has 1 rings (SSSR count). The van der Waals surface area contributed by atoms with Crippen LogP contribution in [0, 0.1) is 6.92 Å². The molecule has 0 atom stereocenters. The molecule has 0 unspecified atom stereocenters. The van der Waals surface area contributed by atoms with Gasteiger partial charge in [-0.1, -0.05) is 6.92 Å². The molecule has 1 amide bonds. The van der Waals surface area contributed by atoms with Gasteiger partial charge in [-0.2, -0.15) is 0 Å². The molecule has 0 heterocycles. The summed E-state index contributed by atoms with van der Waals surface area (Å²) in [5.74, 6) is -0.643. The van der Waals surface area contributed by atoms with Crippen LogP contribution in [-0.2, 0) is 4.79 Å². The van der Waals surface area contributed by atoms with Crippen molar-refractivity contribution >= 4 is 11.9 Å². The predicted octanol–water partition coefficient (Wildman–Crippen LogP) is 1.60. The number of carbonyl (C=O) groups excluding carboxylic acids is 1. The Morgan fingerprint density at radius 2 is 2.11 bits per heavy atom. The summed E-state index contributed by atoms with van der Waals surface area (Å²) >= 11 is 0. The van der Waals surface area contributed by atoms with Crippen molar-refractivity contribution in [3.63, 3.8) is 0 Å². The molecular formula is C13H17NO4. The van der Waals surface area contributed by atoms with Gasteiger partial charge in [-0.05, 0) is 37.1 Å². The summed E-state index contributed by atoms with van der Waals surface area (Å²) in [4.78, 5) is 22.1. The largest absolute Gasteiger partial charge is 0.484 e. The number of aryl methyl sites for hydroxylation is 1. The minimum Gasteiger partial charge on any atom is -0.484 e. The van der Waals surface area contributed by atoms with Gasteiger partial charge in [0.2, 0.25) is 0 Å². The van der Waals surface area contributed by atoms with E-state index >= 15 is 0 Å².